The lowest BCUT2D eigenvalue weighted by molar-refractivity contribution is -0.167. The third-order valence-electron chi connectivity index (χ3n) is 12.3. The van der Waals surface area contributed by atoms with Gasteiger partial charge in [-0.2, -0.15) is 0 Å². The summed E-state index contributed by atoms with van der Waals surface area (Å²) in [5.41, 5.74) is 0. The molecule has 374 valence electrons. The lowest BCUT2D eigenvalue weighted by atomic mass is 10.1. The van der Waals surface area contributed by atoms with Crippen LogP contribution in [0.1, 0.15) is 297 Å². The van der Waals surface area contributed by atoms with Gasteiger partial charge in [-0.1, -0.05) is 218 Å². The van der Waals surface area contributed by atoms with E-state index < -0.39 is 6.10 Å². The van der Waals surface area contributed by atoms with Crippen LogP contribution in [0.25, 0.3) is 0 Å². The Morgan fingerprint density at radius 2 is 0.516 bits per heavy atom. The molecule has 0 rings (SSSR count). The SMILES string of the molecule is CCCCCCC/C=C\CCCCCCCCCC(=O)OC[C@@H](COC(=O)CCCCCCC/C=C\CCCCCCCC)OC(=O)CCCCCCC/C=C\CCCCCCCC. The summed E-state index contributed by atoms with van der Waals surface area (Å²) in [5, 5.41) is 0. The van der Waals surface area contributed by atoms with Gasteiger partial charge in [-0.05, 0) is 96.3 Å². The van der Waals surface area contributed by atoms with Crippen LogP contribution in [0, 0.1) is 0 Å². The Hall–Kier alpha value is -2.37. The molecule has 0 aromatic carbocycles. The standard InChI is InChI=1S/C58H106O6/c1-4-7-10-13-16-19-22-25-28-31-33-36-39-42-45-48-51-57(60)63-54-55(64-58(61)52-49-46-43-40-37-34-30-27-24-21-18-15-12-9-6-3)53-62-56(59)50-47-44-41-38-35-32-29-26-23-20-17-14-11-8-5-2/h22,25-27,29-30,55H,4-21,23-24,28,31-54H2,1-3H3/b25-22-,29-26-,30-27-/t55-/m1/s1. The predicted octanol–water partition coefficient (Wildman–Crippen LogP) is 18.5. The Morgan fingerprint density at radius 3 is 0.781 bits per heavy atom. The van der Waals surface area contributed by atoms with Gasteiger partial charge in [-0.25, -0.2) is 0 Å². The van der Waals surface area contributed by atoms with Gasteiger partial charge in [0.1, 0.15) is 13.2 Å². The second-order valence-corrected chi connectivity index (χ2v) is 18.8. The van der Waals surface area contributed by atoms with Crippen molar-refractivity contribution < 1.29 is 28.6 Å². The number of hydrogen-bond donors (Lipinski definition) is 0. The van der Waals surface area contributed by atoms with E-state index in [-0.39, 0.29) is 31.1 Å². The van der Waals surface area contributed by atoms with E-state index in [1.165, 1.54) is 186 Å². The van der Waals surface area contributed by atoms with Gasteiger partial charge in [0, 0.05) is 19.3 Å². The smallest absolute Gasteiger partial charge is 0.306 e. The highest BCUT2D eigenvalue weighted by atomic mass is 16.6. The highest BCUT2D eigenvalue weighted by Crippen LogP contribution is 2.15. The number of rotatable bonds is 51. The molecule has 6 heteroatoms. The Morgan fingerprint density at radius 1 is 0.297 bits per heavy atom. The zero-order valence-electron chi connectivity index (χ0n) is 42.8. The van der Waals surface area contributed by atoms with Crippen LogP contribution in [-0.2, 0) is 28.6 Å². The molecule has 0 radical (unpaired) electrons. The molecular formula is C58H106O6. The molecule has 0 aromatic heterocycles. The minimum Gasteiger partial charge on any atom is -0.462 e. The lowest BCUT2D eigenvalue weighted by Crippen LogP contribution is -2.30. The number of allylic oxidation sites excluding steroid dienone is 6. The maximum Gasteiger partial charge on any atom is 0.306 e. The van der Waals surface area contributed by atoms with Crippen LogP contribution in [0.3, 0.4) is 0 Å². The summed E-state index contributed by atoms with van der Waals surface area (Å²) in [4.78, 5) is 38.1. The fourth-order valence-corrected chi connectivity index (χ4v) is 8.07. The number of unbranched alkanes of at least 4 members (excludes halogenated alkanes) is 34. The van der Waals surface area contributed by atoms with Gasteiger partial charge in [-0.15, -0.1) is 0 Å². The van der Waals surface area contributed by atoms with Crippen molar-refractivity contribution in [3.05, 3.63) is 36.5 Å². The molecule has 0 heterocycles. The van der Waals surface area contributed by atoms with Gasteiger partial charge in [0.25, 0.3) is 0 Å². The first kappa shape index (κ1) is 61.6. The zero-order valence-corrected chi connectivity index (χ0v) is 42.8. The summed E-state index contributed by atoms with van der Waals surface area (Å²) >= 11 is 0. The van der Waals surface area contributed by atoms with E-state index in [0.29, 0.717) is 19.3 Å². The lowest BCUT2D eigenvalue weighted by Gasteiger charge is -2.18. The topological polar surface area (TPSA) is 78.9 Å². The van der Waals surface area contributed by atoms with Gasteiger partial charge in [0.2, 0.25) is 0 Å². The molecule has 0 amide bonds. The normalized spacial score (nSPS) is 12.2. The van der Waals surface area contributed by atoms with Crippen molar-refractivity contribution >= 4 is 17.9 Å². The molecule has 0 aliphatic heterocycles. The molecule has 0 saturated heterocycles. The maximum atomic E-state index is 12.8. The Balaban J connectivity index is 4.38. The number of esters is 3. The zero-order chi connectivity index (χ0) is 46.5. The largest absolute Gasteiger partial charge is 0.462 e. The second-order valence-electron chi connectivity index (χ2n) is 18.8. The second kappa shape index (κ2) is 53.2. The van der Waals surface area contributed by atoms with Crippen molar-refractivity contribution in [3.63, 3.8) is 0 Å². The molecule has 64 heavy (non-hydrogen) atoms. The maximum absolute atomic E-state index is 12.8. The van der Waals surface area contributed by atoms with Crippen LogP contribution in [0.2, 0.25) is 0 Å². The first-order valence-electron chi connectivity index (χ1n) is 28.0. The Bertz CT molecular complexity index is 1080. The molecule has 1 atom stereocenters. The fraction of sp³-hybridized carbons (Fsp3) is 0.845. The van der Waals surface area contributed by atoms with E-state index in [2.05, 4.69) is 57.2 Å². The molecule has 0 spiro atoms. The highest BCUT2D eigenvalue weighted by Gasteiger charge is 2.19. The van der Waals surface area contributed by atoms with Gasteiger partial charge < -0.3 is 14.2 Å². The number of carbonyl (C=O) groups is 3. The minimum atomic E-state index is -0.779. The molecule has 0 N–H and O–H groups in total. The first-order chi connectivity index (χ1) is 31.5. The van der Waals surface area contributed by atoms with Crippen molar-refractivity contribution in [2.45, 2.75) is 303 Å². The van der Waals surface area contributed by atoms with Crippen LogP contribution in [0.5, 0.6) is 0 Å². The summed E-state index contributed by atoms with van der Waals surface area (Å²) in [5.74, 6) is -0.886. The quantitative estimate of drug-likeness (QED) is 0.0262. The average molecular weight is 899 g/mol. The summed E-state index contributed by atoms with van der Waals surface area (Å²) in [6.45, 7) is 6.63. The van der Waals surface area contributed by atoms with E-state index in [4.69, 9.17) is 14.2 Å². The van der Waals surface area contributed by atoms with Crippen LogP contribution < -0.4 is 0 Å². The van der Waals surface area contributed by atoms with Crippen LogP contribution in [0.4, 0.5) is 0 Å². The third-order valence-corrected chi connectivity index (χ3v) is 12.3. The van der Waals surface area contributed by atoms with Gasteiger partial charge in [0.15, 0.2) is 6.10 Å². The fourth-order valence-electron chi connectivity index (χ4n) is 8.07. The molecule has 0 aromatic rings. The van der Waals surface area contributed by atoms with Crippen molar-refractivity contribution in [2.75, 3.05) is 13.2 Å². The third kappa shape index (κ3) is 50.6. The van der Waals surface area contributed by atoms with Crippen molar-refractivity contribution in [3.8, 4) is 0 Å². The van der Waals surface area contributed by atoms with E-state index in [9.17, 15) is 14.4 Å². The van der Waals surface area contributed by atoms with Gasteiger partial charge in [-0.3, -0.25) is 14.4 Å². The molecule has 0 saturated carbocycles. The van der Waals surface area contributed by atoms with Gasteiger partial charge in [0.05, 0.1) is 0 Å². The van der Waals surface area contributed by atoms with Crippen LogP contribution in [-0.4, -0.2) is 37.2 Å². The molecule has 0 aliphatic rings. The van der Waals surface area contributed by atoms with E-state index in [1.807, 2.05) is 0 Å². The molecule has 6 nitrogen and oxygen atoms in total. The Kier molecular flexibility index (Phi) is 51.3. The van der Waals surface area contributed by atoms with E-state index in [1.54, 1.807) is 0 Å². The van der Waals surface area contributed by atoms with Crippen molar-refractivity contribution in [1.82, 2.24) is 0 Å². The monoisotopic (exact) mass is 899 g/mol. The number of carbonyl (C=O) groups excluding carboxylic acids is 3. The molecular weight excluding hydrogens is 793 g/mol. The molecule has 0 fully saturated rings. The van der Waals surface area contributed by atoms with E-state index in [0.717, 1.165) is 70.6 Å². The number of ether oxygens (including phenoxy) is 3. The van der Waals surface area contributed by atoms with E-state index >= 15 is 0 Å². The molecule has 0 unspecified atom stereocenters. The summed E-state index contributed by atoms with van der Waals surface area (Å²) in [6, 6.07) is 0. The molecule has 0 aliphatic carbocycles. The van der Waals surface area contributed by atoms with Crippen molar-refractivity contribution in [2.24, 2.45) is 0 Å². The predicted molar refractivity (Wildman–Crippen MR) is 275 cm³/mol. The van der Waals surface area contributed by atoms with Crippen molar-refractivity contribution in [1.29, 1.82) is 0 Å². The number of hydrogen-bond acceptors (Lipinski definition) is 6. The highest BCUT2D eigenvalue weighted by molar-refractivity contribution is 5.71. The summed E-state index contributed by atoms with van der Waals surface area (Å²) in [7, 11) is 0. The van der Waals surface area contributed by atoms with Crippen LogP contribution in [0.15, 0.2) is 36.5 Å². The summed E-state index contributed by atoms with van der Waals surface area (Å²) < 4.78 is 16.8. The first-order valence-corrected chi connectivity index (χ1v) is 28.0. The average Bonchev–Trinajstić information content (AvgIpc) is 3.29. The molecule has 0 bridgehead atoms. The van der Waals surface area contributed by atoms with Crippen LogP contribution >= 0.6 is 0 Å². The Labute approximate surface area is 397 Å². The summed E-state index contributed by atoms with van der Waals surface area (Å²) in [6.07, 6.45) is 62.7. The minimum absolute atomic E-state index is 0.0784. The van der Waals surface area contributed by atoms with Gasteiger partial charge >= 0.3 is 17.9 Å².